The van der Waals surface area contributed by atoms with Gasteiger partial charge >= 0.3 is 0 Å². The minimum absolute atomic E-state index is 0.0104. The van der Waals surface area contributed by atoms with E-state index in [9.17, 15) is 19.2 Å². The van der Waals surface area contributed by atoms with Gasteiger partial charge in [-0.15, -0.1) is 0 Å². The largest absolute Gasteiger partial charge is 0.296 e. The quantitative estimate of drug-likeness (QED) is 0.508. The first kappa shape index (κ1) is 14.9. The number of carbonyl (C=O) groups is 4. The van der Waals surface area contributed by atoms with Gasteiger partial charge in [0.05, 0.1) is 11.8 Å². The lowest BCUT2D eigenvalue weighted by Gasteiger charge is -2.19. The summed E-state index contributed by atoms with van der Waals surface area (Å²) in [6, 6.07) is 0. The van der Waals surface area contributed by atoms with Gasteiger partial charge in [-0.05, 0) is 25.7 Å². The van der Waals surface area contributed by atoms with Gasteiger partial charge in [-0.2, -0.15) is 0 Å². The monoisotopic (exact) mass is 304 g/mol. The predicted octanol–water partition coefficient (Wildman–Crippen LogP) is 0.674. The van der Waals surface area contributed by atoms with Crippen LogP contribution in [0.1, 0.15) is 38.5 Å². The molecule has 0 aromatic carbocycles. The molecule has 2 aliphatic carbocycles. The molecule has 2 heterocycles. The third-order valence-electron chi connectivity index (χ3n) is 5.04. The van der Waals surface area contributed by atoms with Crippen LogP contribution in [0.3, 0.4) is 0 Å². The Kier molecular flexibility index (Phi) is 4.09. The zero-order valence-corrected chi connectivity index (χ0v) is 12.3. The van der Waals surface area contributed by atoms with E-state index in [-0.39, 0.29) is 47.3 Å². The maximum Gasteiger partial charge on any atom is 0.230 e. The lowest BCUT2D eigenvalue weighted by atomic mass is 9.81. The fourth-order valence-electron chi connectivity index (χ4n) is 3.77. The highest BCUT2D eigenvalue weighted by atomic mass is 16.2. The molecular weight excluding hydrogens is 284 g/mol. The Hall–Kier alpha value is -1.98. The molecule has 2 N–H and O–H groups in total. The number of carbonyl (C=O) groups excluding carboxylic acids is 4. The van der Waals surface area contributed by atoms with Crippen LogP contribution >= 0.6 is 0 Å². The van der Waals surface area contributed by atoms with Gasteiger partial charge < -0.3 is 0 Å². The van der Waals surface area contributed by atoms with E-state index in [1.54, 1.807) is 0 Å². The molecule has 3 fully saturated rings. The van der Waals surface area contributed by atoms with Crippen LogP contribution in [0.4, 0.5) is 0 Å². The summed E-state index contributed by atoms with van der Waals surface area (Å²) < 4.78 is 0. The second-order valence-electron chi connectivity index (χ2n) is 6.36. The highest BCUT2D eigenvalue weighted by Crippen LogP contribution is 2.33. The molecule has 0 spiro atoms. The van der Waals surface area contributed by atoms with Gasteiger partial charge in [0.1, 0.15) is 0 Å². The summed E-state index contributed by atoms with van der Waals surface area (Å²) in [5, 5.41) is 4.72. The number of amides is 4. The standard InChI is InChI=1S/C8H11NO2.C8H9NO2/c2*10-7-5-3-1-2-4-6(5)8(11)9-7/h5-6H,1-4H2,(H,9,10,11);1-2,5-6H,3-4H2,(H,9,10,11). The van der Waals surface area contributed by atoms with Crippen molar-refractivity contribution in [1.82, 2.24) is 10.6 Å². The summed E-state index contributed by atoms with van der Waals surface area (Å²) >= 11 is 0. The number of rotatable bonds is 0. The predicted molar refractivity (Wildman–Crippen MR) is 77.1 cm³/mol. The first-order chi connectivity index (χ1) is 10.6. The molecule has 4 unspecified atom stereocenters. The summed E-state index contributed by atoms with van der Waals surface area (Å²) in [5.74, 6) is -0.402. The van der Waals surface area contributed by atoms with E-state index in [1.165, 1.54) is 0 Å². The van der Waals surface area contributed by atoms with Crippen molar-refractivity contribution < 1.29 is 19.2 Å². The fraction of sp³-hybridized carbons (Fsp3) is 0.625. The van der Waals surface area contributed by atoms with Crippen LogP contribution in [-0.2, 0) is 19.2 Å². The molecule has 6 heteroatoms. The van der Waals surface area contributed by atoms with Crippen molar-refractivity contribution in [2.75, 3.05) is 0 Å². The second kappa shape index (κ2) is 6.02. The molecule has 1 saturated carbocycles. The zero-order chi connectivity index (χ0) is 15.7. The summed E-state index contributed by atoms with van der Waals surface area (Å²) in [6.45, 7) is 0. The van der Waals surface area contributed by atoms with E-state index in [4.69, 9.17) is 0 Å². The lowest BCUT2D eigenvalue weighted by molar-refractivity contribution is -0.127. The van der Waals surface area contributed by atoms with Crippen molar-refractivity contribution in [2.24, 2.45) is 23.7 Å². The van der Waals surface area contributed by atoms with Crippen molar-refractivity contribution >= 4 is 23.6 Å². The number of hydrogen-bond acceptors (Lipinski definition) is 4. The Balaban J connectivity index is 0.000000131. The first-order valence-corrected chi connectivity index (χ1v) is 7.92. The van der Waals surface area contributed by atoms with E-state index < -0.39 is 0 Å². The zero-order valence-electron chi connectivity index (χ0n) is 12.3. The van der Waals surface area contributed by atoms with Crippen LogP contribution in [0.2, 0.25) is 0 Å². The van der Waals surface area contributed by atoms with Gasteiger partial charge in [0.2, 0.25) is 23.6 Å². The van der Waals surface area contributed by atoms with Crippen molar-refractivity contribution in [3.8, 4) is 0 Å². The third-order valence-corrected chi connectivity index (χ3v) is 5.04. The average Bonchev–Trinajstić information content (AvgIpc) is 2.99. The van der Waals surface area contributed by atoms with Gasteiger partial charge in [-0.3, -0.25) is 29.8 Å². The highest BCUT2D eigenvalue weighted by molar-refractivity contribution is 6.05. The molecule has 118 valence electrons. The molecular formula is C16H20N2O4. The number of hydrogen-bond donors (Lipinski definition) is 2. The first-order valence-electron chi connectivity index (χ1n) is 7.92. The molecule has 2 saturated heterocycles. The van der Waals surface area contributed by atoms with E-state index in [2.05, 4.69) is 10.6 Å². The molecule has 2 aliphatic heterocycles. The van der Waals surface area contributed by atoms with E-state index >= 15 is 0 Å². The minimum Gasteiger partial charge on any atom is -0.296 e. The van der Waals surface area contributed by atoms with Gasteiger partial charge in [-0.25, -0.2) is 0 Å². The Bertz CT molecular complexity index is 508. The molecule has 0 bridgehead atoms. The number of nitrogens with one attached hydrogen (secondary N) is 2. The average molecular weight is 304 g/mol. The topological polar surface area (TPSA) is 92.3 Å². The Morgan fingerprint density at radius 2 is 1.00 bits per heavy atom. The van der Waals surface area contributed by atoms with Gasteiger partial charge in [0, 0.05) is 11.8 Å². The normalized spacial score (nSPS) is 36.0. The summed E-state index contributed by atoms with van der Waals surface area (Å²) in [4.78, 5) is 44.3. The Labute approximate surface area is 128 Å². The van der Waals surface area contributed by atoms with Crippen LogP contribution in [0.5, 0.6) is 0 Å². The van der Waals surface area contributed by atoms with Gasteiger partial charge in [0.25, 0.3) is 0 Å². The maximum absolute atomic E-state index is 11.1. The van der Waals surface area contributed by atoms with Crippen LogP contribution < -0.4 is 10.6 Å². The summed E-state index contributed by atoms with van der Waals surface area (Å²) in [5.41, 5.74) is 0. The van der Waals surface area contributed by atoms with Crippen LogP contribution in [0.25, 0.3) is 0 Å². The number of fused-ring (bicyclic) bond motifs is 2. The molecule has 6 nitrogen and oxygen atoms in total. The van der Waals surface area contributed by atoms with E-state index in [1.807, 2.05) is 12.2 Å². The Morgan fingerprint density at radius 3 is 1.41 bits per heavy atom. The van der Waals surface area contributed by atoms with Gasteiger partial charge in [-0.1, -0.05) is 25.0 Å². The smallest absolute Gasteiger partial charge is 0.230 e. The van der Waals surface area contributed by atoms with Crippen LogP contribution in [0, 0.1) is 23.7 Å². The lowest BCUT2D eigenvalue weighted by Crippen LogP contribution is -2.21. The van der Waals surface area contributed by atoms with Crippen LogP contribution in [-0.4, -0.2) is 23.6 Å². The van der Waals surface area contributed by atoms with Crippen molar-refractivity contribution in [3.05, 3.63) is 12.2 Å². The third kappa shape index (κ3) is 2.69. The molecule has 4 atom stereocenters. The van der Waals surface area contributed by atoms with Crippen LogP contribution in [0.15, 0.2) is 12.2 Å². The fourth-order valence-corrected chi connectivity index (χ4v) is 3.77. The number of imide groups is 2. The number of allylic oxidation sites excluding steroid dienone is 2. The molecule has 0 aromatic rings. The Morgan fingerprint density at radius 1 is 0.636 bits per heavy atom. The summed E-state index contributed by atoms with van der Waals surface area (Å²) in [6.07, 6.45) is 9.40. The van der Waals surface area contributed by atoms with E-state index in [0.29, 0.717) is 0 Å². The second-order valence-corrected chi connectivity index (χ2v) is 6.36. The molecule has 0 aromatic heterocycles. The minimum atomic E-state index is -0.0932. The molecule has 0 radical (unpaired) electrons. The molecule has 4 amide bonds. The van der Waals surface area contributed by atoms with Gasteiger partial charge in [0.15, 0.2) is 0 Å². The highest BCUT2D eigenvalue weighted by Gasteiger charge is 2.42. The molecule has 22 heavy (non-hydrogen) atoms. The maximum atomic E-state index is 11.1. The van der Waals surface area contributed by atoms with Crippen molar-refractivity contribution in [1.29, 1.82) is 0 Å². The van der Waals surface area contributed by atoms with Crippen molar-refractivity contribution in [3.63, 3.8) is 0 Å². The molecule has 4 aliphatic rings. The van der Waals surface area contributed by atoms with Crippen molar-refractivity contribution in [2.45, 2.75) is 38.5 Å². The van der Waals surface area contributed by atoms with E-state index in [0.717, 1.165) is 38.5 Å². The SMILES string of the molecule is O=C1NC(=O)C2CC=CCC12.O=C1NC(=O)C2CCCCC12. The summed E-state index contributed by atoms with van der Waals surface area (Å²) in [7, 11) is 0. The molecule has 4 rings (SSSR count).